The first-order chi connectivity index (χ1) is 6.27. The van der Waals surface area contributed by atoms with Crippen LogP contribution < -0.4 is 0 Å². The van der Waals surface area contributed by atoms with Crippen LogP contribution in [0.1, 0.15) is 34.1 Å². The maximum absolute atomic E-state index is 5.88. The number of hydrogen-bond donors (Lipinski definition) is 0. The van der Waals surface area contributed by atoms with Crippen molar-refractivity contribution in [3.63, 3.8) is 0 Å². The summed E-state index contributed by atoms with van der Waals surface area (Å²) in [7, 11) is 0. The fourth-order valence-corrected chi connectivity index (χ4v) is 1.08. The van der Waals surface area contributed by atoms with E-state index in [1.54, 1.807) is 0 Å². The summed E-state index contributed by atoms with van der Waals surface area (Å²) >= 11 is 11.4. The lowest BCUT2D eigenvalue weighted by molar-refractivity contribution is -0.0475. The molecule has 14 heavy (non-hydrogen) atoms. The zero-order valence-electron chi connectivity index (χ0n) is 9.40. The summed E-state index contributed by atoms with van der Waals surface area (Å²) in [4.78, 5) is 0. The van der Waals surface area contributed by atoms with E-state index in [0.717, 1.165) is 6.42 Å². The average molecular weight is 243 g/mol. The molecule has 0 atom stereocenters. The van der Waals surface area contributed by atoms with Crippen LogP contribution in [0.5, 0.6) is 0 Å². The molecule has 0 fully saturated rings. The molecule has 0 aliphatic carbocycles. The van der Waals surface area contributed by atoms with Crippen LogP contribution in [0.2, 0.25) is 0 Å². The minimum absolute atomic E-state index is 0.197. The molecule has 0 saturated heterocycles. The number of alkyl halides is 2. The first kappa shape index (κ1) is 14.5. The first-order valence-electron chi connectivity index (χ1n) is 4.80. The highest BCUT2D eigenvalue weighted by molar-refractivity contribution is 6.22. The highest BCUT2D eigenvalue weighted by Crippen LogP contribution is 2.19. The van der Waals surface area contributed by atoms with Crippen LogP contribution in [0.25, 0.3) is 0 Å². The van der Waals surface area contributed by atoms with Crippen LogP contribution in [0, 0.1) is 0 Å². The molecule has 0 spiro atoms. The standard InChI is InChI=1S/C10H20Cl2O2/c1-9(2,13-8-6-11)5-7-14-10(3,4)12/h5-8H2,1-4H3. The predicted molar refractivity (Wildman–Crippen MR) is 61.3 cm³/mol. The van der Waals surface area contributed by atoms with Crippen LogP contribution in [0.15, 0.2) is 0 Å². The Balaban J connectivity index is 3.65. The second-order valence-corrected chi connectivity index (χ2v) is 5.55. The smallest absolute Gasteiger partial charge is 0.136 e. The van der Waals surface area contributed by atoms with Gasteiger partial charge in [0, 0.05) is 5.88 Å². The van der Waals surface area contributed by atoms with E-state index in [-0.39, 0.29) is 5.60 Å². The lowest BCUT2D eigenvalue weighted by atomic mass is 10.1. The number of hydrogen-bond acceptors (Lipinski definition) is 2. The highest BCUT2D eigenvalue weighted by atomic mass is 35.5. The second-order valence-electron chi connectivity index (χ2n) is 4.26. The molecule has 86 valence electrons. The van der Waals surface area contributed by atoms with Crippen LogP contribution >= 0.6 is 23.2 Å². The Morgan fingerprint density at radius 1 is 1.00 bits per heavy atom. The lowest BCUT2D eigenvalue weighted by Gasteiger charge is -2.26. The summed E-state index contributed by atoms with van der Waals surface area (Å²) in [6.45, 7) is 8.83. The fraction of sp³-hybridized carbons (Fsp3) is 1.00. The summed E-state index contributed by atoms with van der Waals surface area (Å²) in [5.74, 6) is 0.519. The Kier molecular flexibility index (Phi) is 6.38. The Bertz CT molecular complexity index is 153. The SMILES string of the molecule is CC(C)(Cl)OCCC(C)(C)OCCCl. The summed E-state index contributed by atoms with van der Waals surface area (Å²) in [6.07, 6.45) is 0.806. The molecule has 0 radical (unpaired) electrons. The molecule has 0 aromatic rings. The van der Waals surface area contributed by atoms with Crippen molar-refractivity contribution >= 4 is 23.2 Å². The molecule has 0 rings (SSSR count). The number of rotatable bonds is 7. The molecule has 0 aromatic heterocycles. The van der Waals surface area contributed by atoms with Gasteiger partial charge in [-0.15, -0.1) is 11.6 Å². The van der Waals surface area contributed by atoms with Crippen LogP contribution in [0.3, 0.4) is 0 Å². The lowest BCUT2D eigenvalue weighted by Crippen LogP contribution is -2.29. The van der Waals surface area contributed by atoms with Crippen LogP contribution in [-0.4, -0.2) is 29.8 Å². The number of ether oxygens (including phenoxy) is 2. The van der Waals surface area contributed by atoms with Gasteiger partial charge < -0.3 is 9.47 Å². The third-order valence-electron chi connectivity index (χ3n) is 1.72. The van der Waals surface area contributed by atoms with Gasteiger partial charge >= 0.3 is 0 Å². The third-order valence-corrected chi connectivity index (χ3v) is 1.98. The molecule has 0 unspecified atom stereocenters. The largest absolute Gasteiger partial charge is 0.374 e. The maximum atomic E-state index is 5.88. The van der Waals surface area contributed by atoms with Gasteiger partial charge in [-0.05, 0) is 34.1 Å². The maximum Gasteiger partial charge on any atom is 0.136 e. The van der Waals surface area contributed by atoms with E-state index in [1.807, 2.05) is 27.7 Å². The third kappa shape index (κ3) is 9.07. The monoisotopic (exact) mass is 242 g/mol. The van der Waals surface area contributed by atoms with Crippen molar-refractivity contribution in [3.05, 3.63) is 0 Å². The normalized spacial score (nSPS) is 13.3. The zero-order chi connectivity index (χ0) is 11.2. The van der Waals surface area contributed by atoms with Gasteiger partial charge in [-0.2, -0.15) is 0 Å². The van der Waals surface area contributed by atoms with Gasteiger partial charge in [-0.25, -0.2) is 0 Å². The molecule has 4 heteroatoms. The van der Waals surface area contributed by atoms with Gasteiger partial charge in [0.15, 0.2) is 0 Å². The van der Waals surface area contributed by atoms with E-state index in [9.17, 15) is 0 Å². The van der Waals surface area contributed by atoms with Gasteiger partial charge in [0.1, 0.15) is 5.06 Å². The summed E-state index contributed by atoms with van der Waals surface area (Å²) in [5, 5.41) is -0.595. The fourth-order valence-electron chi connectivity index (χ4n) is 0.927. The second kappa shape index (κ2) is 6.16. The van der Waals surface area contributed by atoms with Crippen molar-refractivity contribution in [1.82, 2.24) is 0 Å². The van der Waals surface area contributed by atoms with E-state index >= 15 is 0 Å². The molecule has 0 aromatic carbocycles. The van der Waals surface area contributed by atoms with E-state index in [4.69, 9.17) is 32.7 Å². The Hall–Kier alpha value is 0.500. The molecule has 0 saturated carbocycles. The quantitative estimate of drug-likeness (QED) is 0.638. The summed E-state index contributed by atoms with van der Waals surface area (Å²) in [5.41, 5.74) is -0.197. The average Bonchev–Trinajstić information content (AvgIpc) is 1.98. The molecule has 0 amide bonds. The molecule has 2 nitrogen and oxygen atoms in total. The van der Waals surface area contributed by atoms with Crippen LogP contribution in [-0.2, 0) is 9.47 Å². The number of halogens is 2. The highest BCUT2D eigenvalue weighted by Gasteiger charge is 2.20. The van der Waals surface area contributed by atoms with Crippen molar-refractivity contribution in [3.8, 4) is 0 Å². The van der Waals surface area contributed by atoms with E-state index in [2.05, 4.69) is 0 Å². The molecule has 0 N–H and O–H groups in total. The topological polar surface area (TPSA) is 18.5 Å². The van der Waals surface area contributed by atoms with Crippen molar-refractivity contribution in [2.24, 2.45) is 0 Å². The van der Waals surface area contributed by atoms with Crippen molar-refractivity contribution < 1.29 is 9.47 Å². The minimum atomic E-state index is -0.595. The molecule has 0 heterocycles. The minimum Gasteiger partial charge on any atom is -0.374 e. The first-order valence-corrected chi connectivity index (χ1v) is 5.71. The van der Waals surface area contributed by atoms with E-state index < -0.39 is 5.06 Å². The predicted octanol–water partition coefficient (Wildman–Crippen LogP) is 3.40. The van der Waals surface area contributed by atoms with Gasteiger partial charge in [0.25, 0.3) is 0 Å². The van der Waals surface area contributed by atoms with E-state index in [0.29, 0.717) is 19.1 Å². The van der Waals surface area contributed by atoms with Crippen molar-refractivity contribution in [1.29, 1.82) is 0 Å². The molecular weight excluding hydrogens is 223 g/mol. The van der Waals surface area contributed by atoms with Gasteiger partial charge in [0.2, 0.25) is 0 Å². The Morgan fingerprint density at radius 3 is 2.00 bits per heavy atom. The van der Waals surface area contributed by atoms with Gasteiger partial charge in [0.05, 0.1) is 18.8 Å². The van der Waals surface area contributed by atoms with E-state index in [1.165, 1.54) is 0 Å². The van der Waals surface area contributed by atoms with Gasteiger partial charge in [-0.3, -0.25) is 0 Å². The van der Waals surface area contributed by atoms with Crippen molar-refractivity contribution in [2.75, 3.05) is 19.1 Å². The van der Waals surface area contributed by atoms with Crippen molar-refractivity contribution in [2.45, 2.75) is 44.8 Å². The molecule has 0 aliphatic heterocycles. The zero-order valence-corrected chi connectivity index (χ0v) is 10.9. The Labute approximate surface area is 96.9 Å². The molecule has 0 aliphatic rings. The summed E-state index contributed by atoms with van der Waals surface area (Å²) in [6, 6.07) is 0. The van der Waals surface area contributed by atoms with Crippen LogP contribution in [0.4, 0.5) is 0 Å². The van der Waals surface area contributed by atoms with Gasteiger partial charge in [-0.1, -0.05) is 11.6 Å². The Morgan fingerprint density at radius 2 is 1.57 bits per heavy atom. The summed E-state index contributed by atoms with van der Waals surface area (Å²) < 4.78 is 10.9. The molecule has 0 bridgehead atoms. The molecular formula is C10H20Cl2O2.